The lowest BCUT2D eigenvalue weighted by Gasteiger charge is -2.21. The minimum Gasteiger partial charge on any atom is -0.355 e. The van der Waals surface area contributed by atoms with E-state index in [1.165, 1.54) is 43.9 Å². The Hall–Kier alpha value is -2.86. The van der Waals surface area contributed by atoms with Crippen molar-refractivity contribution in [1.29, 1.82) is 0 Å². The standard InChI is InChI=1S/C25H27N3O2S/c29-23(27-16-18-8-2-1-3-9-18)17-31-22-14-5-4-12-20(22)25(30)28-21-13-6-10-19-11-7-15-26-24(19)21/h4-7,10-15,18H,1-3,8-9,16-17H2,(H,27,29)(H,28,30). The van der Waals surface area contributed by atoms with Gasteiger partial charge >= 0.3 is 0 Å². The van der Waals surface area contributed by atoms with Crippen molar-refractivity contribution in [1.82, 2.24) is 10.3 Å². The van der Waals surface area contributed by atoms with Gasteiger partial charge in [-0.15, -0.1) is 11.8 Å². The zero-order chi connectivity index (χ0) is 21.5. The second-order valence-electron chi connectivity index (χ2n) is 7.93. The Morgan fingerprint density at radius 1 is 0.968 bits per heavy atom. The summed E-state index contributed by atoms with van der Waals surface area (Å²) in [4.78, 5) is 30.5. The average molecular weight is 434 g/mol. The van der Waals surface area contributed by atoms with Gasteiger partial charge in [-0.1, -0.05) is 49.6 Å². The number of hydrogen-bond donors (Lipinski definition) is 2. The van der Waals surface area contributed by atoms with Crippen LogP contribution >= 0.6 is 11.8 Å². The summed E-state index contributed by atoms with van der Waals surface area (Å²) in [6.07, 6.45) is 7.98. The van der Waals surface area contributed by atoms with E-state index in [4.69, 9.17) is 0 Å². The van der Waals surface area contributed by atoms with Crippen molar-refractivity contribution in [3.05, 3.63) is 66.4 Å². The molecule has 1 aliphatic rings. The van der Waals surface area contributed by atoms with Crippen molar-refractivity contribution in [3.8, 4) is 0 Å². The molecular formula is C25H27N3O2S. The van der Waals surface area contributed by atoms with Crippen molar-refractivity contribution >= 4 is 40.2 Å². The van der Waals surface area contributed by atoms with E-state index in [2.05, 4.69) is 15.6 Å². The van der Waals surface area contributed by atoms with E-state index in [0.29, 0.717) is 22.9 Å². The summed E-state index contributed by atoms with van der Waals surface area (Å²) < 4.78 is 0. The molecule has 0 spiro atoms. The Labute approximate surface area is 187 Å². The Morgan fingerprint density at radius 2 is 1.77 bits per heavy atom. The molecule has 0 radical (unpaired) electrons. The summed E-state index contributed by atoms with van der Waals surface area (Å²) in [5.74, 6) is 0.718. The minimum absolute atomic E-state index is 0.0176. The van der Waals surface area contributed by atoms with E-state index in [1.54, 1.807) is 12.3 Å². The van der Waals surface area contributed by atoms with Crippen LogP contribution in [0.2, 0.25) is 0 Å². The number of pyridine rings is 1. The van der Waals surface area contributed by atoms with Crippen LogP contribution in [0.5, 0.6) is 0 Å². The number of rotatable bonds is 7. The first-order valence-electron chi connectivity index (χ1n) is 10.8. The topological polar surface area (TPSA) is 71.1 Å². The molecule has 0 unspecified atom stereocenters. The molecule has 3 aromatic rings. The fraction of sp³-hybridized carbons (Fsp3) is 0.320. The maximum Gasteiger partial charge on any atom is 0.256 e. The van der Waals surface area contributed by atoms with Crippen LogP contribution in [0.15, 0.2) is 65.7 Å². The molecule has 1 aliphatic carbocycles. The third kappa shape index (κ3) is 5.64. The van der Waals surface area contributed by atoms with Crippen molar-refractivity contribution < 1.29 is 9.59 Å². The van der Waals surface area contributed by atoms with Crippen LogP contribution in [-0.4, -0.2) is 29.1 Å². The molecule has 2 amide bonds. The zero-order valence-corrected chi connectivity index (χ0v) is 18.3. The van der Waals surface area contributed by atoms with E-state index in [1.807, 2.05) is 48.5 Å². The van der Waals surface area contributed by atoms with Crippen LogP contribution in [0.1, 0.15) is 42.5 Å². The van der Waals surface area contributed by atoms with E-state index in [9.17, 15) is 9.59 Å². The lowest BCUT2D eigenvalue weighted by atomic mass is 9.89. The number of carbonyl (C=O) groups excluding carboxylic acids is 2. The largest absolute Gasteiger partial charge is 0.355 e. The van der Waals surface area contributed by atoms with E-state index < -0.39 is 0 Å². The number of para-hydroxylation sites is 1. The third-order valence-electron chi connectivity index (χ3n) is 5.68. The van der Waals surface area contributed by atoms with Crippen molar-refractivity contribution in [2.45, 2.75) is 37.0 Å². The number of nitrogens with zero attached hydrogens (tertiary/aromatic N) is 1. The Morgan fingerprint density at radius 3 is 2.65 bits per heavy atom. The van der Waals surface area contributed by atoms with Crippen LogP contribution in [0, 0.1) is 5.92 Å². The van der Waals surface area contributed by atoms with Crippen molar-refractivity contribution in [3.63, 3.8) is 0 Å². The molecule has 6 heteroatoms. The first kappa shape index (κ1) is 21.4. The van der Waals surface area contributed by atoms with Crippen LogP contribution in [-0.2, 0) is 4.79 Å². The fourth-order valence-electron chi connectivity index (χ4n) is 4.02. The molecule has 1 aromatic heterocycles. The quantitative estimate of drug-likeness (QED) is 0.498. The SMILES string of the molecule is O=C(CSc1ccccc1C(=O)Nc1cccc2cccnc12)NCC1CCCCC1. The van der Waals surface area contributed by atoms with E-state index >= 15 is 0 Å². The fourth-order valence-corrected chi connectivity index (χ4v) is 4.90. The van der Waals surface area contributed by atoms with E-state index in [0.717, 1.165) is 22.3 Å². The molecule has 2 aromatic carbocycles. The maximum absolute atomic E-state index is 13.0. The molecule has 4 rings (SSSR count). The zero-order valence-electron chi connectivity index (χ0n) is 17.5. The van der Waals surface area contributed by atoms with Gasteiger partial charge in [-0.3, -0.25) is 14.6 Å². The molecule has 31 heavy (non-hydrogen) atoms. The molecule has 1 saturated carbocycles. The molecule has 0 aliphatic heterocycles. The molecule has 0 saturated heterocycles. The smallest absolute Gasteiger partial charge is 0.256 e. The Kier molecular flexibility index (Phi) is 7.20. The number of fused-ring (bicyclic) bond motifs is 1. The van der Waals surface area contributed by atoms with Gasteiger partial charge in [0.15, 0.2) is 0 Å². The molecule has 0 atom stereocenters. The highest BCUT2D eigenvalue weighted by molar-refractivity contribution is 8.00. The van der Waals surface area contributed by atoms with Gasteiger partial charge in [0.05, 0.1) is 22.5 Å². The summed E-state index contributed by atoms with van der Waals surface area (Å²) in [5, 5.41) is 7.01. The van der Waals surface area contributed by atoms with Gasteiger partial charge in [0.2, 0.25) is 5.91 Å². The van der Waals surface area contributed by atoms with Crippen LogP contribution in [0.25, 0.3) is 10.9 Å². The third-order valence-corrected chi connectivity index (χ3v) is 6.76. The van der Waals surface area contributed by atoms with Gasteiger partial charge in [-0.2, -0.15) is 0 Å². The lowest BCUT2D eigenvalue weighted by molar-refractivity contribution is -0.118. The van der Waals surface area contributed by atoms with Gasteiger partial charge in [0.1, 0.15) is 0 Å². The molecule has 1 heterocycles. The van der Waals surface area contributed by atoms with Gasteiger partial charge in [-0.25, -0.2) is 0 Å². The van der Waals surface area contributed by atoms with Gasteiger partial charge in [-0.05, 0) is 43.0 Å². The highest BCUT2D eigenvalue weighted by Gasteiger charge is 2.16. The molecule has 1 fully saturated rings. The first-order chi connectivity index (χ1) is 15.2. The molecule has 0 bridgehead atoms. The molecule has 2 N–H and O–H groups in total. The highest BCUT2D eigenvalue weighted by atomic mass is 32.2. The number of carbonyl (C=O) groups is 2. The molecule has 160 valence electrons. The second-order valence-corrected chi connectivity index (χ2v) is 8.94. The van der Waals surface area contributed by atoms with Crippen LogP contribution in [0.4, 0.5) is 5.69 Å². The molecular weight excluding hydrogens is 406 g/mol. The number of hydrogen-bond acceptors (Lipinski definition) is 4. The molecule has 5 nitrogen and oxygen atoms in total. The predicted molar refractivity (Wildman–Crippen MR) is 126 cm³/mol. The average Bonchev–Trinajstić information content (AvgIpc) is 2.82. The van der Waals surface area contributed by atoms with Gasteiger partial charge in [0.25, 0.3) is 5.91 Å². The highest BCUT2D eigenvalue weighted by Crippen LogP contribution is 2.26. The number of thioether (sulfide) groups is 1. The van der Waals surface area contributed by atoms with Crippen molar-refractivity contribution in [2.24, 2.45) is 5.92 Å². The summed E-state index contributed by atoms with van der Waals surface area (Å²) >= 11 is 1.40. The minimum atomic E-state index is -0.205. The summed E-state index contributed by atoms with van der Waals surface area (Å²) in [5.41, 5.74) is 1.99. The van der Waals surface area contributed by atoms with Crippen molar-refractivity contribution in [2.75, 3.05) is 17.6 Å². The van der Waals surface area contributed by atoms with Crippen LogP contribution < -0.4 is 10.6 Å². The lowest BCUT2D eigenvalue weighted by Crippen LogP contribution is -2.31. The van der Waals surface area contributed by atoms with Gasteiger partial charge < -0.3 is 10.6 Å². The first-order valence-corrected chi connectivity index (χ1v) is 11.8. The number of nitrogens with one attached hydrogen (secondary N) is 2. The van der Waals surface area contributed by atoms with Crippen LogP contribution in [0.3, 0.4) is 0 Å². The summed E-state index contributed by atoms with van der Waals surface area (Å²) in [6.45, 7) is 0.760. The number of amides is 2. The number of aromatic nitrogens is 1. The summed E-state index contributed by atoms with van der Waals surface area (Å²) in [6, 6.07) is 17.0. The number of benzene rings is 2. The Bertz CT molecular complexity index is 1060. The maximum atomic E-state index is 13.0. The predicted octanol–water partition coefficient (Wildman–Crippen LogP) is 5.28. The normalized spacial score (nSPS) is 14.3. The van der Waals surface area contributed by atoms with Gasteiger partial charge in [0, 0.05) is 23.0 Å². The van der Waals surface area contributed by atoms with E-state index in [-0.39, 0.29) is 11.8 Å². The second kappa shape index (κ2) is 10.4. The summed E-state index contributed by atoms with van der Waals surface area (Å²) in [7, 11) is 0. The Balaban J connectivity index is 1.38. The number of anilines is 1. The monoisotopic (exact) mass is 433 g/mol.